The highest BCUT2D eigenvalue weighted by atomic mass is 35.5. The third-order valence-corrected chi connectivity index (χ3v) is 4.74. The van der Waals surface area contributed by atoms with E-state index in [1.807, 2.05) is 37.4 Å². The molecule has 0 bridgehead atoms. The van der Waals surface area contributed by atoms with Gasteiger partial charge in [0, 0.05) is 18.3 Å². The first-order valence-corrected chi connectivity index (χ1v) is 9.46. The summed E-state index contributed by atoms with van der Waals surface area (Å²) in [5.41, 5.74) is 3.59. The Bertz CT molecular complexity index is 999. The van der Waals surface area contributed by atoms with E-state index in [9.17, 15) is 4.79 Å². The van der Waals surface area contributed by atoms with Crippen LogP contribution in [0.1, 0.15) is 21.5 Å². The molecule has 28 heavy (non-hydrogen) atoms. The van der Waals surface area contributed by atoms with Crippen molar-refractivity contribution < 1.29 is 14.3 Å². The highest BCUT2D eigenvalue weighted by Gasteiger charge is 2.16. The van der Waals surface area contributed by atoms with Crippen LogP contribution in [-0.2, 0) is 6.42 Å². The maximum Gasteiger partial charge on any atom is 0.251 e. The van der Waals surface area contributed by atoms with Crippen LogP contribution in [0, 0.1) is 6.92 Å². The largest absolute Gasteiger partial charge is 0.486 e. The minimum atomic E-state index is -0.119. The van der Waals surface area contributed by atoms with Gasteiger partial charge < -0.3 is 14.8 Å². The molecule has 0 spiro atoms. The normalized spacial score (nSPS) is 12.6. The maximum absolute atomic E-state index is 12.4. The summed E-state index contributed by atoms with van der Waals surface area (Å²) in [6, 6.07) is 11.1. The number of aromatic nitrogens is 2. The molecule has 1 N–H and O–H groups in total. The Balaban J connectivity index is 1.35. The molecule has 0 unspecified atom stereocenters. The van der Waals surface area contributed by atoms with Crippen LogP contribution in [0.2, 0.25) is 5.02 Å². The number of nitrogens with one attached hydrogen (secondary N) is 1. The van der Waals surface area contributed by atoms with Crippen LogP contribution in [0.4, 0.5) is 0 Å². The predicted molar refractivity (Wildman–Crippen MR) is 107 cm³/mol. The number of carbonyl (C=O) groups excluding carboxylic acids is 1. The molecular weight excluding hydrogens is 378 g/mol. The van der Waals surface area contributed by atoms with Gasteiger partial charge in [0.1, 0.15) is 13.2 Å². The number of fused-ring (bicyclic) bond motifs is 1. The van der Waals surface area contributed by atoms with E-state index in [4.69, 9.17) is 21.1 Å². The minimum absolute atomic E-state index is 0.119. The molecule has 0 atom stereocenters. The topological polar surface area (TPSA) is 65.4 Å². The van der Waals surface area contributed by atoms with Crippen molar-refractivity contribution in [1.29, 1.82) is 0 Å². The van der Waals surface area contributed by atoms with Crippen LogP contribution >= 0.6 is 11.6 Å². The molecular formula is C21H20ClN3O3. The Morgan fingerprint density at radius 2 is 2.00 bits per heavy atom. The van der Waals surface area contributed by atoms with Gasteiger partial charge in [-0.1, -0.05) is 11.6 Å². The van der Waals surface area contributed by atoms with Crippen molar-refractivity contribution >= 4 is 17.5 Å². The SMILES string of the molecule is Cc1cnn(-c2ccc(C(=O)NCCc3cc(Cl)c4c(c3)OCCO4)cc2)c1. The minimum Gasteiger partial charge on any atom is -0.486 e. The van der Waals surface area contributed by atoms with E-state index in [1.165, 1.54) is 0 Å². The average Bonchev–Trinajstić information content (AvgIpc) is 3.14. The van der Waals surface area contributed by atoms with E-state index < -0.39 is 0 Å². The van der Waals surface area contributed by atoms with E-state index in [2.05, 4.69) is 10.4 Å². The molecule has 3 aromatic rings. The molecule has 0 saturated heterocycles. The van der Waals surface area contributed by atoms with Gasteiger partial charge >= 0.3 is 0 Å². The summed E-state index contributed by atoms with van der Waals surface area (Å²) in [6.45, 7) is 3.49. The molecule has 7 heteroatoms. The second-order valence-electron chi connectivity index (χ2n) is 6.62. The number of rotatable bonds is 5. The smallest absolute Gasteiger partial charge is 0.251 e. The lowest BCUT2D eigenvalue weighted by atomic mass is 10.1. The summed E-state index contributed by atoms with van der Waals surface area (Å²) >= 11 is 6.25. The second-order valence-corrected chi connectivity index (χ2v) is 7.02. The first-order chi connectivity index (χ1) is 13.6. The van der Waals surface area contributed by atoms with Crippen molar-refractivity contribution in [2.75, 3.05) is 19.8 Å². The van der Waals surface area contributed by atoms with Crippen LogP contribution < -0.4 is 14.8 Å². The Hall–Kier alpha value is -2.99. The van der Waals surface area contributed by atoms with Crippen molar-refractivity contribution in [1.82, 2.24) is 15.1 Å². The lowest BCUT2D eigenvalue weighted by Crippen LogP contribution is -2.25. The van der Waals surface area contributed by atoms with Crippen LogP contribution in [0.5, 0.6) is 11.5 Å². The molecule has 0 fully saturated rings. The molecule has 1 aliphatic heterocycles. The van der Waals surface area contributed by atoms with Crippen LogP contribution in [0.15, 0.2) is 48.8 Å². The number of amides is 1. The fourth-order valence-corrected chi connectivity index (χ4v) is 3.34. The molecule has 0 saturated carbocycles. The summed E-state index contributed by atoms with van der Waals surface area (Å²) < 4.78 is 12.9. The van der Waals surface area contributed by atoms with Crippen molar-refractivity contribution in [2.24, 2.45) is 0 Å². The molecule has 6 nitrogen and oxygen atoms in total. The number of aryl methyl sites for hydroxylation is 1. The number of hydrogen-bond acceptors (Lipinski definition) is 4. The highest BCUT2D eigenvalue weighted by Crippen LogP contribution is 2.38. The second kappa shape index (κ2) is 7.94. The Kier molecular flexibility index (Phi) is 5.21. The lowest BCUT2D eigenvalue weighted by Gasteiger charge is -2.20. The number of carbonyl (C=O) groups is 1. The number of benzene rings is 2. The summed E-state index contributed by atoms with van der Waals surface area (Å²) in [7, 11) is 0. The Labute approximate surface area is 168 Å². The molecule has 0 aliphatic carbocycles. The van der Waals surface area contributed by atoms with Crippen molar-refractivity contribution in [3.8, 4) is 17.2 Å². The Morgan fingerprint density at radius 1 is 1.21 bits per heavy atom. The van der Waals surface area contributed by atoms with E-state index in [0.29, 0.717) is 48.3 Å². The van der Waals surface area contributed by atoms with Gasteiger partial charge in [-0.25, -0.2) is 4.68 Å². The quantitative estimate of drug-likeness (QED) is 0.714. The molecule has 2 aromatic carbocycles. The van der Waals surface area contributed by atoms with Gasteiger partial charge in [0.15, 0.2) is 11.5 Å². The van der Waals surface area contributed by atoms with Gasteiger partial charge in [0.2, 0.25) is 0 Å². The summed E-state index contributed by atoms with van der Waals surface area (Å²) in [6.07, 6.45) is 4.38. The molecule has 1 amide bonds. The number of hydrogen-bond donors (Lipinski definition) is 1. The Morgan fingerprint density at radius 3 is 2.75 bits per heavy atom. The van der Waals surface area contributed by atoms with Crippen molar-refractivity contribution in [3.05, 3.63) is 70.5 Å². The number of nitrogens with zero attached hydrogens (tertiary/aromatic N) is 2. The molecule has 1 aromatic heterocycles. The molecule has 0 radical (unpaired) electrons. The third-order valence-electron chi connectivity index (χ3n) is 4.46. The molecule has 2 heterocycles. The van der Waals surface area contributed by atoms with E-state index in [0.717, 1.165) is 16.8 Å². The predicted octanol–water partition coefficient (Wildman–Crippen LogP) is 3.58. The first-order valence-electron chi connectivity index (χ1n) is 9.08. The van der Waals surface area contributed by atoms with E-state index in [-0.39, 0.29) is 5.91 Å². The van der Waals surface area contributed by atoms with E-state index >= 15 is 0 Å². The van der Waals surface area contributed by atoms with Gasteiger partial charge in [0.05, 0.1) is 16.9 Å². The monoisotopic (exact) mass is 397 g/mol. The molecule has 1 aliphatic rings. The van der Waals surface area contributed by atoms with Crippen molar-refractivity contribution in [3.63, 3.8) is 0 Å². The van der Waals surface area contributed by atoms with Crippen LogP contribution in [0.3, 0.4) is 0 Å². The standard InChI is InChI=1S/C21H20ClN3O3/c1-14-12-24-25(13-14)17-4-2-16(3-5-17)21(26)23-7-6-15-10-18(22)20-19(11-15)27-8-9-28-20/h2-5,10-13H,6-9H2,1H3,(H,23,26). The van der Waals surface area contributed by atoms with Gasteiger partial charge in [-0.15, -0.1) is 0 Å². The number of ether oxygens (including phenoxy) is 2. The zero-order valence-electron chi connectivity index (χ0n) is 15.4. The summed E-state index contributed by atoms with van der Waals surface area (Å²) in [5, 5.41) is 7.73. The lowest BCUT2D eigenvalue weighted by molar-refractivity contribution is 0.0954. The zero-order valence-corrected chi connectivity index (χ0v) is 16.2. The molecule has 144 valence electrons. The van der Waals surface area contributed by atoms with Gasteiger partial charge in [-0.05, 0) is 60.9 Å². The fraction of sp³-hybridized carbons (Fsp3) is 0.238. The van der Waals surface area contributed by atoms with Crippen LogP contribution in [-0.4, -0.2) is 35.4 Å². The third kappa shape index (κ3) is 3.97. The average molecular weight is 398 g/mol. The highest BCUT2D eigenvalue weighted by molar-refractivity contribution is 6.32. The molecule has 4 rings (SSSR count). The van der Waals surface area contributed by atoms with Gasteiger partial charge in [-0.3, -0.25) is 4.79 Å². The van der Waals surface area contributed by atoms with E-state index in [1.54, 1.807) is 23.0 Å². The zero-order chi connectivity index (χ0) is 19.5. The van der Waals surface area contributed by atoms with Gasteiger partial charge in [-0.2, -0.15) is 5.10 Å². The summed E-state index contributed by atoms with van der Waals surface area (Å²) in [4.78, 5) is 12.4. The fourth-order valence-electron chi connectivity index (χ4n) is 3.05. The maximum atomic E-state index is 12.4. The number of halogens is 1. The van der Waals surface area contributed by atoms with Gasteiger partial charge in [0.25, 0.3) is 5.91 Å². The van der Waals surface area contributed by atoms with Crippen molar-refractivity contribution in [2.45, 2.75) is 13.3 Å². The first kappa shape index (κ1) is 18.4. The van der Waals surface area contributed by atoms with Crippen LogP contribution in [0.25, 0.3) is 5.69 Å². The summed E-state index contributed by atoms with van der Waals surface area (Å²) in [5.74, 6) is 1.13.